The second-order valence-electron chi connectivity index (χ2n) is 4.29. The second kappa shape index (κ2) is 5.16. The Bertz CT molecular complexity index is 399. The Morgan fingerprint density at radius 2 is 1.88 bits per heavy atom. The third kappa shape index (κ3) is 2.57. The van der Waals surface area contributed by atoms with Crippen LogP contribution in [0.4, 0.5) is 5.69 Å². The van der Waals surface area contributed by atoms with Crippen molar-refractivity contribution in [3.8, 4) is 0 Å². The molecule has 0 radical (unpaired) electrons. The smallest absolute Gasteiger partial charge is 0.256 e. The summed E-state index contributed by atoms with van der Waals surface area (Å²) in [6.07, 6.45) is 0. The molecule has 1 amide bonds. The summed E-state index contributed by atoms with van der Waals surface area (Å²) in [4.78, 5) is 16.4. The number of hydrogen-bond acceptors (Lipinski definition) is 4. The van der Waals surface area contributed by atoms with Gasteiger partial charge in [0, 0.05) is 26.2 Å². The predicted octanol–water partition coefficient (Wildman–Crippen LogP) is 0.360. The van der Waals surface area contributed by atoms with Crippen LogP contribution >= 0.6 is 0 Å². The molecule has 1 heterocycles. The van der Waals surface area contributed by atoms with E-state index in [9.17, 15) is 4.79 Å². The molecule has 1 aliphatic heterocycles. The summed E-state index contributed by atoms with van der Waals surface area (Å²) >= 11 is 0. The summed E-state index contributed by atoms with van der Waals surface area (Å²) < 4.78 is 0. The largest absolute Gasteiger partial charge is 0.336 e. The molecule has 5 nitrogen and oxygen atoms in total. The summed E-state index contributed by atoms with van der Waals surface area (Å²) in [5.74, 6) is 5.46. The summed E-state index contributed by atoms with van der Waals surface area (Å²) in [5, 5.41) is 0. The Hall–Kier alpha value is -1.59. The summed E-state index contributed by atoms with van der Waals surface area (Å²) in [6.45, 7) is 3.39. The van der Waals surface area contributed by atoms with Gasteiger partial charge in [-0.05, 0) is 19.2 Å². The molecule has 1 saturated heterocycles. The molecule has 0 unspecified atom stereocenters. The van der Waals surface area contributed by atoms with E-state index in [1.165, 1.54) is 0 Å². The van der Waals surface area contributed by atoms with Gasteiger partial charge in [0.25, 0.3) is 5.91 Å². The van der Waals surface area contributed by atoms with Crippen LogP contribution in [-0.4, -0.2) is 48.9 Å². The molecular formula is C12H18N4O. The minimum Gasteiger partial charge on any atom is -0.336 e. The van der Waals surface area contributed by atoms with E-state index in [-0.39, 0.29) is 5.91 Å². The lowest BCUT2D eigenvalue weighted by Gasteiger charge is -2.32. The molecule has 0 spiro atoms. The Labute approximate surface area is 101 Å². The fraction of sp³-hybridized carbons (Fsp3) is 0.417. The number of likely N-dealkylation sites (N-methyl/N-ethyl adjacent to an activating group) is 1. The fourth-order valence-corrected chi connectivity index (χ4v) is 1.98. The third-order valence-electron chi connectivity index (χ3n) is 3.10. The second-order valence-corrected chi connectivity index (χ2v) is 4.29. The van der Waals surface area contributed by atoms with Crippen molar-refractivity contribution >= 4 is 11.6 Å². The molecule has 0 bridgehead atoms. The standard InChI is InChI=1S/C12H18N4O/c1-15-6-8-16(9-7-15)12(17)10-4-2-3-5-11(10)14-13/h2-5,14H,6-9,13H2,1H3. The van der Waals surface area contributed by atoms with Gasteiger partial charge in [-0.1, -0.05) is 12.1 Å². The van der Waals surface area contributed by atoms with E-state index in [2.05, 4.69) is 17.4 Å². The van der Waals surface area contributed by atoms with Crippen LogP contribution in [0.1, 0.15) is 10.4 Å². The molecular weight excluding hydrogens is 216 g/mol. The number of hydrazine groups is 1. The maximum absolute atomic E-state index is 12.3. The van der Waals surface area contributed by atoms with Crippen LogP contribution < -0.4 is 11.3 Å². The van der Waals surface area contributed by atoms with Crippen LogP contribution in [0, 0.1) is 0 Å². The van der Waals surface area contributed by atoms with Crippen LogP contribution in [-0.2, 0) is 0 Å². The number of anilines is 1. The third-order valence-corrected chi connectivity index (χ3v) is 3.10. The van der Waals surface area contributed by atoms with E-state index in [0.717, 1.165) is 26.2 Å². The van der Waals surface area contributed by atoms with E-state index < -0.39 is 0 Å². The highest BCUT2D eigenvalue weighted by Crippen LogP contribution is 2.16. The molecule has 0 aliphatic carbocycles. The van der Waals surface area contributed by atoms with Crippen molar-refractivity contribution in [3.63, 3.8) is 0 Å². The quantitative estimate of drug-likeness (QED) is 0.573. The van der Waals surface area contributed by atoms with Crippen molar-refractivity contribution in [3.05, 3.63) is 29.8 Å². The molecule has 1 aromatic carbocycles. The molecule has 0 saturated carbocycles. The molecule has 0 atom stereocenters. The van der Waals surface area contributed by atoms with Gasteiger partial charge in [-0.2, -0.15) is 0 Å². The van der Waals surface area contributed by atoms with Gasteiger partial charge in [-0.25, -0.2) is 0 Å². The van der Waals surface area contributed by atoms with Crippen LogP contribution in [0.2, 0.25) is 0 Å². The van der Waals surface area contributed by atoms with Crippen molar-refractivity contribution in [2.75, 3.05) is 38.7 Å². The average molecular weight is 234 g/mol. The molecule has 1 fully saturated rings. The first-order chi connectivity index (χ1) is 8.22. The number of nitrogens with two attached hydrogens (primary N) is 1. The lowest BCUT2D eigenvalue weighted by molar-refractivity contribution is 0.0665. The van der Waals surface area contributed by atoms with E-state index in [4.69, 9.17) is 5.84 Å². The highest BCUT2D eigenvalue weighted by Gasteiger charge is 2.21. The fourth-order valence-electron chi connectivity index (χ4n) is 1.98. The lowest BCUT2D eigenvalue weighted by Crippen LogP contribution is -2.47. The molecule has 92 valence electrons. The van der Waals surface area contributed by atoms with Gasteiger partial charge >= 0.3 is 0 Å². The SMILES string of the molecule is CN1CCN(C(=O)c2ccccc2NN)CC1. The Balaban J connectivity index is 2.14. The Morgan fingerprint density at radius 3 is 2.53 bits per heavy atom. The highest BCUT2D eigenvalue weighted by atomic mass is 16.2. The van der Waals surface area contributed by atoms with Crippen LogP contribution in [0.3, 0.4) is 0 Å². The predicted molar refractivity (Wildman–Crippen MR) is 67.7 cm³/mol. The van der Waals surface area contributed by atoms with Gasteiger partial charge in [-0.3, -0.25) is 10.6 Å². The van der Waals surface area contributed by atoms with Crippen molar-refractivity contribution in [1.29, 1.82) is 0 Å². The first kappa shape index (κ1) is 11.9. The maximum Gasteiger partial charge on any atom is 0.256 e. The number of piperazine rings is 1. The molecule has 3 N–H and O–H groups in total. The van der Waals surface area contributed by atoms with E-state index in [1.54, 1.807) is 6.07 Å². The van der Waals surface area contributed by atoms with Crippen LogP contribution in [0.5, 0.6) is 0 Å². The zero-order valence-electron chi connectivity index (χ0n) is 10.0. The molecule has 17 heavy (non-hydrogen) atoms. The molecule has 0 aromatic heterocycles. The van der Waals surface area contributed by atoms with E-state index >= 15 is 0 Å². The maximum atomic E-state index is 12.3. The minimum absolute atomic E-state index is 0.0478. The molecule has 5 heteroatoms. The number of amides is 1. The Morgan fingerprint density at radius 1 is 1.24 bits per heavy atom. The normalized spacial score (nSPS) is 16.9. The minimum atomic E-state index is 0.0478. The number of carbonyl (C=O) groups excluding carboxylic acids is 1. The first-order valence-corrected chi connectivity index (χ1v) is 5.76. The summed E-state index contributed by atoms with van der Waals surface area (Å²) in [7, 11) is 2.07. The lowest BCUT2D eigenvalue weighted by atomic mass is 10.1. The number of rotatable bonds is 2. The topological polar surface area (TPSA) is 61.6 Å². The monoisotopic (exact) mass is 234 g/mol. The van der Waals surface area contributed by atoms with Gasteiger partial charge < -0.3 is 15.2 Å². The first-order valence-electron chi connectivity index (χ1n) is 5.76. The van der Waals surface area contributed by atoms with Gasteiger partial charge in [0.15, 0.2) is 0 Å². The number of nitrogens with zero attached hydrogens (tertiary/aromatic N) is 2. The number of nitrogens with one attached hydrogen (secondary N) is 1. The van der Waals surface area contributed by atoms with Crippen molar-refractivity contribution in [2.45, 2.75) is 0 Å². The van der Waals surface area contributed by atoms with Gasteiger partial charge in [0.1, 0.15) is 0 Å². The van der Waals surface area contributed by atoms with Gasteiger partial charge in [-0.15, -0.1) is 0 Å². The van der Waals surface area contributed by atoms with E-state index in [0.29, 0.717) is 11.3 Å². The van der Waals surface area contributed by atoms with Crippen molar-refractivity contribution in [2.24, 2.45) is 5.84 Å². The van der Waals surface area contributed by atoms with Crippen LogP contribution in [0.25, 0.3) is 0 Å². The number of hydrogen-bond donors (Lipinski definition) is 2. The van der Waals surface area contributed by atoms with E-state index in [1.807, 2.05) is 23.1 Å². The van der Waals surface area contributed by atoms with Crippen molar-refractivity contribution < 1.29 is 4.79 Å². The van der Waals surface area contributed by atoms with Gasteiger partial charge in [0.2, 0.25) is 0 Å². The number of para-hydroxylation sites is 1. The average Bonchev–Trinajstić information content (AvgIpc) is 2.39. The molecule has 1 aliphatic rings. The zero-order chi connectivity index (χ0) is 12.3. The number of carbonyl (C=O) groups is 1. The number of benzene rings is 1. The summed E-state index contributed by atoms with van der Waals surface area (Å²) in [5.41, 5.74) is 3.88. The highest BCUT2D eigenvalue weighted by molar-refractivity contribution is 5.99. The zero-order valence-corrected chi connectivity index (χ0v) is 10.0. The van der Waals surface area contributed by atoms with Crippen molar-refractivity contribution in [1.82, 2.24) is 9.80 Å². The molecule has 1 aromatic rings. The van der Waals surface area contributed by atoms with Gasteiger partial charge in [0.05, 0.1) is 11.3 Å². The molecule has 2 rings (SSSR count). The summed E-state index contributed by atoms with van der Waals surface area (Å²) in [6, 6.07) is 7.32. The van der Waals surface area contributed by atoms with Crippen LogP contribution in [0.15, 0.2) is 24.3 Å². The number of nitrogen functional groups attached to an aromatic ring is 1. The Kier molecular flexibility index (Phi) is 3.61.